The molecule has 0 bridgehead atoms. The second-order valence-corrected chi connectivity index (χ2v) is 5.75. The topological polar surface area (TPSA) is 67.1 Å². The van der Waals surface area contributed by atoms with E-state index in [-0.39, 0.29) is 5.82 Å². The lowest BCUT2D eigenvalue weighted by Gasteiger charge is -2.11. The predicted octanol–water partition coefficient (Wildman–Crippen LogP) is 1.66. The van der Waals surface area contributed by atoms with Gasteiger partial charge in [-0.3, -0.25) is 0 Å². The van der Waals surface area contributed by atoms with E-state index in [2.05, 4.69) is 30.4 Å². The molecule has 2 N–H and O–H groups in total. The van der Waals surface area contributed by atoms with Gasteiger partial charge in [0.1, 0.15) is 18.2 Å². The van der Waals surface area contributed by atoms with Gasteiger partial charge in [-0.2, -0.15) is 0 Å². The molecule has 0 fully saturated rings. The number of aromatic nitrogens is 3. The van der Waals surface area contributed by atoms with Crippen LogP contribution in [-0.4, -0.2) is 33.8 Å². The molecule has 128 valence electrons. The van der Waals surface area contributed by atoms with Crippen molar-refractivity contribution >= 4 is 5.96 Å². The monoisotopic (exact) mass is 330 g/mol. The molecule has 24 heavy (non-hydrogen) atoms. The number of nitrogens with one attached hydrogen (secondary N) is 2. The van der Waals surface area contributed by atoms with Crippen molar-refractivity contribution in [1.29, 1.82) is 0 Å². The number of aliphatic imine (C=N–C) groups is 1. The first-order chi connectivity index (χ1) is 11.8. The van der Waals surface area contributed by atoms with Crippen molar-refractivity contribution in [2.75, 3.05) is 13.1 Å². The molecule has 0 spiro atoms. The minimum atomic E-state index is -0.166. The molecule has 0 radical (unpaired) electrons. The van der Waals surface area contributed by atoms with Crippen LogP contribution in [0.1, 0.15) is 30.6 Å². The summed E-state index contributed by atoms with van der Waals surface area (Å²) in [6.45, 7) is 4.86. The van der Waals surface area contributed by atoms with Gasteiger partial charge >= 0.3 is 0 Å². The van der Waals surface area contributed by atoms with Gasteiger partial charge in [-0.25, -0.2) is 9.38 Å². The highest BCUT2D eigenvalue weighted by Crippen LogP contribution is 2.14. The van der Waals surface area contributed by atoms with Gasteiger partial charge in [-0.15, -0.1) is 10.2 Å². The van der Waals surface area contributed by atoms with E-state index in [0.717, 1.165) is 37.6 Å². The van der Waals surface area contributed by atoms with Gasteiger partial charge in [0.25, 0.3) is 0 Å². The van der Waals surface area contributed by atoms with Crippen molar-refractivity contribution in [3.63, 3.8) is 0 Å². The lowest BCUT2D eigenvalue weighted by Crippen LogP contribution is -2.38. The van der Waals surface area contributed by atoms with Crippen LogP contribution in [0.4, 0.5) is 4.39 Å². The minimum Gasteiger partial charge on any atom is -0.357 e. The molecule has 0 saturated heterocycles. The number of hydrogen-bond donors (Lipinski definition) is 2. The summed E-state index contributed by atoms with van der Waals surface area (Å²) in [7, 11) is 0. The lowest BCUT2D eigenvalue weighted by molar-refractivity contribution is 0.606. The van der Waals surface area contributed by atoms with Gasteiger partial charge in [0, 0.05) is 26.1 Å². The number of nitrogens with zero attached hydrogens (tertiary/aromatic N) is 4. The number of halogens is 1. The molecule has 1 aliphatic rings. The fourth-order valence-electron chi connectivity index (χ4n) is 2.84. The Kier molecular flexibility index (Phi) is 5.40. The highest BCUT2D eigenvalue weighted by atomic mass is 19.1. The standard InChI is InChI=1S/C17H23FN6/c1-2-19-17(20-10-9-13-6-3-4-7-14(13)18)21-12-16-23-22-15-8-5-11-24(15)16/h3-4,6-7H,2,5,8-12H2,1H3,(H2,19,20,21). The molecule has 0 saturated carbocycles. The SMILES string of the molecule is CCNC(=NCc1nnc2n1CCC2)NCCc1ccccc1F. The van der Waals surface area contributed by atoms with E-state index in [9.17, 15) is 4.39 Å². The first kappa shape index (κ1) is 16.4. The molecule has 1 aromatic heterocycles. The molecule has 3 rings (SSSR count). The van der Waals surface area contributed by atoms with Crippen LogP contribution in [0.2, 0.25) is 0 Å². The van der Waals surface area contributed by atoms with Gasteiger partial charge in [0.05, 0.1) is 0 Å². The summed E-state index contributed by atoms with van der Waals surface area (Å²) in [5.41, 5.74) is 0.705. The Labute approximate surface area is 141 Å². The average Bonchev–Trinajstić information content (AvgIpc) is 3.18. The number of fused-ring (bicyclic) bond motifs is 1. The highest BCUT2D eigenvalue weighted by Gasteiger charge is 2.16. The van der Waals surface area contributed by atoms with Gasteiger partial charge < -0.3 is 15.2 Å². The smallest absolute Gasteiger partial charge is 0.191 e. The van der Waals surface area contributed by atoms with Gasteiger partial charge in [0.15, 0.2) is 11.8 Å². The van der Waals surface area contributed by atoms with Gasteiger partial charge in [-0.05, 0) is 31.4 Å². The zero-order valence-electron chi connectivity index (χ0n) is 13.9. The number of guanidine groups is 1. The molecule has 0 unspecified atom stereocenters. The molecule has 0 atom stereocenters. The van der Waals surface area contributed by atoms with Crippen molar-refractivity contribution in [2.24, 2.45) is 4.99 Å². The maximum Gasteiger partial charge on any atom is 0.191 e. The third kappa shape index (κ3) is 3.90. The van der Waals surface area contributed by atoms with Crippen LogP contribution in [0.15, 0.2) is 29.3 Å². The Morgan fingerprint density at radius 1 is 1.29 bits per heavy atom. The molecule has 1 aliphatic heterocycles. The van der Waals surface area contributed by atoms with Crippen LogP contribution >= 0.6 is 0 Å². The molecular weight excluding hydrogens is 307 g/mol. The summed E-state index contributed by atoms with van der Waals surface area (Å²) in [6.07, 6.45) is 2.73. The first-order valence-corrected chi connectivity index (χ1v) is 8.44. The third-order valence-corrected chi connectivity index (χ3v) is 4.05. The Hall–Kier alpha value is -2.44. The summed E-state index contributed by atoms with van der Waals surface area (Å²) in [5.74, 6) is 2.50. The largest absolute Gasteiger partial charge is 0.357 e. The summed E-state index contributed by atoms with van der Waals surface area (Å²) in [6, 6.07) is 6.85. The fourth-order valence-corrected chi connectivity index (χ4v) is 2.84. The average molecular weight is 330 g/mol. The Balaban J connectivity index is 1.56. The Morgan fingerprint density at radius 2 is 2.17 bits per heavy atom. The third-order valence-electron chi connectivity index (χ3n) is 4.05. The maximum atomic E-state index is 13.6. The van der Waals surface area contributed by atoms with Crippen molar-refractivity contribution in [3.05, 3.63) is 47.3 Å². The highest BCUT2D eigenvalue weighted by molar-refractivity contribution is 5.79. The second kappa shape index (κ2) is 7.90. The quantitative estimate of drug-likeness (QED) is 0.624. The molecule has 2 aromatic rings. The molecule has 6 nitrogen and oxygen atoms in total. The van der Waals surface area contributed by atoms with Crippen LogP contribution in [0.25, 0.3) is 0 Å². The maximum absolute atomic E-state index is 13.6. The van der Waals surface area contributed by atoms with E-state index in [1.807, 2.05) is 13.0 Å². The lowest BCUT2D eigenvalue weighted by atomic mass is 10.1. The molecule has 0 aliphatic carbocycles. The predicted molar refractivity (Wildman–Crippen MR) is 91.3 cm³/mol. The van der Waals surface area contributed by atoms with E-state index in [4.69, 9.17) is 0 Å². The summed E-state index contributed by atoms with van der Waals surface area (Å²) >= 11 is 0. The van der Waals surface area contributed by atoms with E-state index < -0.39 is 0 Å². The van der Waals surface area contributed by atoms with Crippen molar-refractivity contribution in [1.82, 2.24) is 25.4 Å². The summed E-state index contributed by atoms with van der Waals surface area (Å²) < 4.78 is 15.8. The summed E-state index contributed by atoms with van der Waals surface area (Å²) in [4.78, 5) is 4.56. The normalized spacial score (nSPS) is 13.8. The van der Waals surface area contributed by atoms with E-state index in [1.54, 1.807) is 12.1 Å². The van der Waals surface area contributed by atoms with Crippen LogP contribution in [0.5, 0.6) is 0 Å². The molecule has 1 aromatic carbocycles. The first-order valence-electron chi connectivity index (χ1n) is 8.44. The molecular formula is C17H23FN6. The van der Waals surface area contributed by atoms with Crippen LogP contribution in [0, 0.1) is 5.82 Å². The number of benzene rings is 1. The van der Waals surface area contributed by atoms with E-state index in [1.165, 1.54) is 6.07 Å². The van der Waals surface area contributed by atoms with Crippen LogP contribution < -0.4 is 10.6 Å². The van der Waals surface area contributed by atoms with E-state index >= 15 is 0 Å². The zero-order valence-corrected chi connectivity index (χ0v) is 13.9. The minimum absolute atomic E-state index is 0.166. The van der Waals surface area contributed by atoms with Crippen molar-refractivity contribution in [2.45, 2.75) is 39.3 Å². The number of rotatable bonds is 6. The fraction of sp³-hybridized carbons (Fsp3) is 0.471. The van der Waals surface area contributed by atoms with E-state index in [0.29, 0.717) is 31.0 Å². The number of hydrogen-bond acceptors (Lipinski definition) is 3. The van der Waals surface area contributed by atoms with Crippen molar-refractivity contribution in [3.8, 4) is 0 Å². The van der Waals surface area contributed by atoms with Crippen LogP contribution in [-0.2, 0) is 25.9 Å². The molecule has 2 heterocycles. The zero-order chi connectivity index (χ0) is 16.8. The Morgan fingerprint density at radius 3 is 3.00 bits per heavy atom. The van der Waals surface area contributed by atoms with Crippen LogP contribution in [0.3, 0.4) is 0 Å². The molecule has 7 heteroatoms. The Bertz CT molecular complexity index is 709. The summed E-state index contributed by atoms with van der Waals surface area (Å²) in [5, 5.41) is 14.8. The van der Waals surface area contributed by atoms with Gasteiger partial charge in [-0.1, -0.05) is 18.2 Å². The number of aryl methyl sites for hydroxylation is 1. The second-order valence-electron chi connectivity index (χ2n) is 5.75. The van der Waals surface area contributed by atoms with Gasteiger partial charge in [0.2, 0.25) is 0 Å². The van der Waals surface area contributed by atoms with Crippen molar-refractivity contribution < 1.29 is 4.39 Å². The molecule has 0 amide bonds.